The fourth-order valence-electron chi connectivity index (χ4n) is 4.12. The maximum Gasteiger partial charge on any atom is 0.261 e. The Kier molecular flexibility index (Phi) is 6.24. The van der Waals surface area contributed by atoms with Crippen LogP contribution in [0.25, 0.3) is 10.9 Å². The molecule has 2 aliphatic rings. The zero-order valence-corrected chi connectivity index (χ0v) is 16.7. The largest absolute Gasteiger partial charge is 0.383 e. The lowest BCUT2D eigenvalue weighted by atomic mass is 10.1. The molecule has 0 bridgehead atoms. The third kappa shape index (κ3) is 4.37. The number of benzene rings is 1. The van der Waals surface area contributed by atoms with E-state index in [1.165, 1.54) is 19.3 Å². The second-order valence-corrected chi connectivity index (χ2v) is 7.71. The number of rotatable bonds is 6. The number of anilines is 1. The third-order valence-corrected chi connectivity index (χ3v) is 5.82. The molecule has 2 aromatic rings. The highest BCUT2D eigenvalue weighted by Gasteiger charge is 2.22. The minimum atomic E-state index is -0.00842. The Labute approximate surface area is 165 Å². The molecule has 0 radical (unpaired) electrons. The highest BCUT2D eigenvalue weighted by atomic mass is 16.5. The Morgan fingerprint density at radius 3 is 2.82 bits per heavy atom. The van der Waals surface area contributed by atoms with Crippen molar-refractivity contribution in [3.63, 3.8) is 0 Å². The van der Waals surface area contributed by atoms with Gasteiger partial charge in [-0.2, -0.15) is 0 Å². The van der Waals surface area contributed by atoms with E-state index in [4.69, 9.17) is 9.47 Å². The second kappa shape index (κ2) is 9.03. The predicted molar refractivity (Wildman–Crippen MR) is 110 cm³/mol. The smallest absolute Gasteiger partial charge is 0.261 e. The van der Waals surface area contributed by atoms with Gasteiger partial charge in [0.05, 0.1) is 36.5 Å². The van der Waals surface area contributed by atoms with E-state index in [1.807, 2.05) is 18.2 Å². The Balaban J connectivity index is 1.40. The molecule has 2 fully saturated rings. The molecule has 0 N–H and O–H groups in total. The van der Waals surface area contributed by atoms with Crippen LogP contribution in [0.2, 0.25) is 0 Å². The lowest BCUT2D eigenvalue weighted by Gasteiger charge is -2.38. The fourth-order valence-corrected chi connectivity index (χ4v) is 4.12. The first-order valence-electron chi connectivity index (χ1n) is 10.3. The topological polar surface area (TPSA) is 59.8 Å². The minimum absolute atomic E-state index is 0.00842. The Hall–Kier alpha value is -1.96. The summed E-state index contributed by atoms with van der Waals surface area (Å²) in [7, 11) is 1.63. The van der Waals surface area contributed by atoms with Gasteiger partial charge >= 0.3 is 0 Å². The van der Waals surface area contributed by atoms with Crippen molar-refractivity contribution >= 4 is 16.6 Å². The van der Waals surface area contributed by atoms with Crippen molar-refractivity contribution in [2.45, 2.75) is 31.9 Å². The van der Waals surface area contributed by atoms with Crippen LogP contribution in [0.3, 0.4) is 0 Å². The van der Waals surface area contributed by atoms with E-state index in [0.717, 1.165) is 50.5 Å². The number of fused-ring (bicyclic) bond motifs is 1. The van der Waals surface area contributed by atoms with E-state index in [0.29, 0.717) is 24.6 Å². The van der Waals surface area contributed by atoms with Crippen molar-refractivity contribution in [3.8, 4) is 0 Å². The van der Waals surface area contributed by atoms with Crippen LogP contribution >= 0.6 is 0 Å². The summed E-state index contributed by atoms with van der Waals surface area (Å²) in [6, 6.07) is 5.99. The molecular weight excluding hydrogens is 356 g/mol. The van der Waals surface area contributed by atoms with Crippen molar-refractivity contribution < 1.29 is 9.47 Å². The molecule has 1 aromatic carbocycles. The van der Waals surface area contributed by atoms with Crippen molar-refractivity contribution in [1.29, 1.82) is 0 Å². The summed E-state index contributed by atoms with van der Waals surface area (Å²) >= 11 is 0. The van der Waals surface area contributed by atoms with E-state index in [-0.39, 0.29) is 5.56 Å². The van der Waals surface area contributed by atoms with Gasteiger partial charge in [0.1, 0.15) is 0 Å². The van der Waals surface area contributed by atoms with Crippen LogP contribution in [0.1, 0.15) is 19.3 Å². The van der Waals surface area contributed by atoms with Gasteiger partial charge in [0, 0.05) is 52.1 Å². The van der Waals surface area contributed by atoms with Gasteiger partial charge in [0.15, 0.2) is 0 Å². The van der Waals surface area contributed by atoms with E-state index in [9.17, 15) is 4.79 Å². The normalized spacial score (nSPS) is 21.3. The first-order valence-corrected chi connectivity index (χ1v) is 10.3. The second-order valence-electron chi connectivity index (χ2n) is 7.71. The Bertz CT molecular complexity index is 839. The van der Waals surface area contributed by atoms with E-state index in [1.54, 1.807) is 18.0 Å². The molecule has 0 saturated carbocycles. The predicted octanol–water partition coefficient (Wildman–Crippen LogP) is 1.73. The first-order chi connectivity index (χ1) is 13.7. The molecule has 1 atom stereocenters. The van der Waals surface area contributed by atoms with Gasteiger partial charge in [-0.05, 0) is 37.5 Å². The van der Waals surface area contributed by atoms with Gasteiger partial charge in [0.25, 0.3) is 5.56 Å². The molecular formula is C21H30N4O3. The molecule has 4 rings (SSSR count). The van der Waals surface area contributed by atoms with Crippen molar-refractivity contribution in [2.75, 3.05) is 57.9 Å². The van der Waals surface area contributed by atoms with E-state index < -0.39 is 0 Å². The number of aromatic nitrogens is 2. The lowest BCUT2D eigenvalue weighted by Crippen LogP contribution is -2.49. The number of hydrogen-bond acceptors (Lipinski definition) is 6. The Morgan fingerprint density at radius 2 is 2.07 bits per heavy atom. The molecule has 2 aliphatic heterocycles. The van der Waals surface area contributed by atoms with Crippen LogP contribution in [0, 0.1) is 0 Å². The van der Waals surface area contributed by atoms with Gasteiger partial charge in [-0.1, -0.05) is 0 Å². The summed E-state index contributed by atoms with van der Waals surface area (Å²) in [6.45, 7) is 7.06. The summed E-state index contributed by atoms with van der Waals surface area (Å²) < 4.78 is 12.6. The van der Waals surface area contributed by atoms with E-state index in [2.05, 4.69) is 14.8 Å². The summed E-state index contributed by atoms with van der Waals surface area (Å²) in [4.78, 5) is 22.0. The highest BCUT2D eigenvalue weighted by Crippen LogP contribution is 2.21. The van der Waals surface area contributed by atoms with E-state index >= 15 is 0 Å². The van der Waals surface area contributed by atoms with Crippen LogP contribution in [0.4, 0.5) is 5.69 Å². The average molecular weight is 386 g/mol. The minimum Gasteiger partial charge on any atom is -0.383 e. The van der Waals surface area contributed by atoms with Gasteiger partial charge < -0.3 is 14.4 Å². The summed E-state index contributed by atoms with van der Waals surface area (Å²) in [5.74, 6) is 0. The number of methoxy groups -OCH3 is 1. The number of nitrogens with zero attached hydrogens (tertiary/aromatic N) is 4. The fraction of sp³-hybridized carbons (Fsp3) is 0.619. The SMILES string of the molecule is COCCn1cnc2cc(N3CCN(CC4CCCCO4)CC3)ccc2c1=O. The first kappa shape index (κ1) is 19.4. The molecule has 28 heavy (non-hydrogen) atoms. The van der Waals surface area contributed by atoms with Gasteiger partial charge in [0.2, 0.25) is 0 Å². The monoisotopic (exact) mass is 386 g/mol. The van der Waals surface area contributed by atoms with Crippen LogP contribution in [-0.4, -0.2) is 73.6 Å². The number of piperazine rings is 1. The van der Waals surface area contributed by atoms with Gasteiger partial charge in [-0.3, -0.25) is 14.3 Å². The average Bonchev–Trinajstić information content (AvgIpc) is 2.74. The molecule has 1 aromatic heterocycles. The number of ether oxygens (including phenoxy) is 2. The highest BCUT2D eigenvalue weighted by molar-refractivity contribution is 5.81. The molecule has 1 unspecified atom stereocenters. The van der Waals surface area contributed by atoms with Crippen LogP contribution in [-0.2, 0) is 16.0 Å². The van der Waals surface area contributed by atoms with Gasteiger partial charge in [-0.15, -0.1) is 0 Å². The maximum absolute atomic E-state index is 12.6. The summed E-state index contributed by atoms with van der Waals surface area (Å²) in [6.07, 6.45) is 5.72. The third-order valence-electron chi connectivity index (χ3n) is 5.82. The van der Waals surface area contributed by atoms with Crippen LogP contribution < -0.4 is 10.5 Å². The molecule has 7 nitrogen and oxygen atoms in total. The zero-order chi connectivity index (χ0) is 19.3. The molecule has 0 amide bonds. The molecule has 7 heteroatoms. The molecule has 3 heterocycles. The van der Waals surface area contributed by atoms with Crippen molar-refractivity contribution in [2.24, 2.45) is 0 Å². The van der Waals surface area contributed by atoms with Crippen LogP contribution in [0.5, 0.6) is 0 Å². The quantitative estimate of drug-likeness (QED) is 0.754. The number of hydrogen-bond donors (Lipinski definition) is 0. The maximum atomic E-state index is 12.6. The standard InChI is InChI=1S/C21H30N4O3/c1-27-13-11-25-16-22-20-14-17(5-6-19(20)21(25)26)24-9-7-23(8-10-24)15-18-4-2-3-12-28-18/h5-6,14,16,18H,2-4,7-13,15H2,1H3. The summed E-state index contributed by atoms with van der Waals surface area (Å²) in [5, 5.41) is 0.662. The molecule has 152 valence electrons. The van der Waals surface area contributed by atoms with Gasteiger partial charge in [-0.25, -0.2) is 4.98 Å². The zero-order valence-electron chi connectivity index (χ0n) is 16.7. The summed E-state index contributed by atoms with van der Waals surface area (Å²) in [5.41, 5.74) is 1.89. The molecule has 0 aliphatic carbocycles. The lowest BCUT2D eigenvalue weighted by molar-refractivity contribution is -0.00644. The van der Waals surface area contributed by atoms with Crippen LogP contribution in [0.15, 0.2) is 29.3 Å². The molecule has 2 saturated heterocycles. The Morgan fingerprint density at radius 1 is 1.21 bits per heavy atom. The molecule has 0 spiro atoms. The van der Waals surface area contributed by atoms with Crippen molar-refractivity contribution in [1.82, 2.24) is 14.5 Å². The van der Waals surface area contributed by atoms with Crippen molar-refractivity contribution in [3.05, 3.63) is 34.9 Å².